The fraction of sp³-hybridized carbons (Fsp3) is 0.893. The lowest BCUT2D eigenvalue weighted by molar-refractivity contribution is -0.165. The molecule has 3 fully saturated rings. The molecule has 0 aromatic rings. The molecule has 4 heteroatoms. The van der Waals surface area contributed by atoms with E-state index in [2.05, 4.69) is 27.7 Å². The molecular formula is C28H44O4. The maximum absolute atomic E-state index is 13.8. The molecule has 0 amide bonds. The van der Waals surface area contributed by atoms with Crippen LogP contribution >= 0.6 is 0 Å². The number of carbonyl (C=O) groups is 1. The number of carbonyl (C=O) groups excluding carboxylic acids is 1. The van der Waals surface area contributed by atoms with E-state index in [1.807, 2.05) is 13.8 Å². The van der Waals surface area contributed by atoms with Crippen LogP contribution in [-0.2, 0) is 14.3 Å². The topological polar surface area (TPSA) is 55.8 Å². The van der Waals surface area contributed by atoms with Gasteiger partial charge in [0.2, 0.25) is 0 Å². The third kappa shape index (κ3) is 3.42. The third-order valence-electron chi connectivity index (χ3n) is 10.5. The average molecular weight is 445 g/mol. The van der Waals surface area contributed by atoms with Gasteiger partial charge in [-0.3, -0.25) is 4.79 Å². The zero-order valence-corrected chi connectivity index (χ0v) is 21.1. The average Bonchev–Trinajstić information content (AvgIpc) is 3.12. The van der Waals surface area contributed by atoms with E-state index in [0.717, 1.165) is 44.9 Å². The van der Waals surface area contributed by atoms with Crippen molar-refractivity contribution in [3.05, 3.63) is 11.1 Å². The zero-order chi connectivity index (χ0) is 23.1. The van der Waals surface area contributed by atoms with E-state index in [-0.39, 0.29) is 34.4 Å². The number of aliphatic hydroxyl groups is 1. The van der Waals surface area contributed by atoms with E-state index in [9.17, 15) is 9.90 Å². The minimum Gasteiger partial charge on any atom is -0.462 e. The molecule has 7 atom stereocenters. The minimum atomic E-state index is -0.825. The van der Waals surface area contributed by atoms with E-state index in [1.54, 1.807) is 0 Å². The van der Waals surface area contributed by atoms with Gasteiger partial charge in [0.1, 0.15) is 6.10 Å². The molecule has 0 aromatic heterocycles. The first-order valence-corrected chi connectivity index (χ1v) is 13.2. The van der Waals surface area contributed by atoms with Crippen molar-refractivity contribution in [3.8, 4) is 0 Å². The molecule has 3 unspecified atom stereocenters. The summed E-state index contributed by atoms with van der Waals surface area (Å²) in [6, 6.07) is 0. The lowest BCUT2D eigenvalue weighted by Crippen LogP contribution is -2.47. The molecule has 3 aliphatic heterocycles. The van der Waals surface area contributed by atoms with Crippen LogP contribution < -0.4 is 0 Å². The Balaban J connectivity index is 1.49. The number of hydrogen-bond donors (Lipinski definition) is 1. The summed E-state index contributed by atoms with van der Waals surface area (Å²) in [5.74, 6) is 0.870. The molecule has 3 heterocycles. The highest BCUT2D eigenvalue weighted by Crippen LogP contribution is 2.65. The predicted octanol–water partition coefficient (Wildman–Crippen LogP) is 5.96. The standard InChI is InChI=1S/C28H44O4/c1-17-7-8-19(16-25(2,3)30)31-24(29)23-20-9-10-21-26(4,5)22-12-14-28(21,32-22)15-18(20)11-13-27(17,23)6/h17,19,21-23,30H,7-16H2,1-6H3/t17?,19-,21?,22+,23?,27-,28+/m1/s1. The monoisotopic (exact) mass is 444 g/mol. The van der Waals surface area contributed by atoms with Gasteiger partial charge in [0.05, 0.1) is 23.2 Å². The van der Waals surface area contributed by atoms with Gasteiger partial charge < -0.3 is 14.6 Å². The number of hydrogen-bond acceptors (Lipinski definition) is 4. The van der Waals surface area contributed by atoms with Crippen molar-refractivity contribution in [1.82, 2.24) is 0 Å². The summed E-state index contributed by atoms with van der Waals surface area (Å²) in [5.41, 5.74) is 2.27. The maximum Gasteiger partial charge on any atom is 0.313 e. The number of fused-ring (bicyclic) bond motifs is 3. The molecule has 1 N–H and O–H groups in total. The number of cyclic esters (lactones) is 1. The van der Waals surface area contributed by atoms with E-state index < -0.39 is 5.60 Å². The fourth-order valence-corrected chi connectivity index (χ4v) is 8.56. The molecular weight excluding hydrogens is 400 g/mol. The van der Waals surface area contributed by atoms with Gasteiger partial charge >= 0.3 is 5.97 Å². The largest absolute Gasteiger partial charge is 0.462 e. The van der Waals surface area contributed by atoms with Crippen molar-refractivity contribution in [1.29, 1.82) is 0 Å². The Kier molecular flexibility index (Phi) is 5.23. The van der Waals surface area contributed by atoms with E-state index in [4.69, 9.17) is 9.47 Å². The Morgan fingerprint density at radius 3 is 2.53 bits per heavy atom. The van der Waals surface area contributed by atoms with Crippen molar-refractivity contribution in [2.24, 2.45) is 28.6 Å². The van der Waals surface area contributed by atoms with Crippen LogP contribution in [0.4, 0.5) is 0 Å². The molecule has 180 valence electrons. The molecule has 0 saturated carbocycles. The van der Waals surface area contributed by atoms with Crippen molar-refractivity contribution in [2.45, 2.75) is 129 Å². The molecule has 2 bridgehead atoms. The quantitative estimate of drug-likeness (QED) is 0.422. The molecule has 0 radical (unpaired) electrons. The molecule has 32 heavy (non-hydrogen) atoms. The Morgan fingerprint density at radius 2 is 1.81 bits per heavy atom. The number of esters is 1. The van der Waals surface area contributed by atoms with E-state index in [1.165, 1.54) is 24.0 Å². The van der Waals surface area contributed by atoms with Crippen LogP contribution in [0.3, 0.4) is 0 Å². The van der Waals surface area contributed by atoms with Crippen LogP contribution in [0.2, 0.25) is 0 Å². The van der Waals surface area contributed by atoms with Crippen molar-refractivity contribution >= 4 is 5.97 Å². The third-order valence-corrected chi connectivity index (χ3v) is 10.5. The molecule has 0 aromatic carbocycles. The summed E-state index contributed by atoms with van der Waals surface area (Å²) < 4.78 is 12.9. The van der Waals surface area contributed by atoms with Crippen LogP contribution in [0.1, 0.15) is 106 Å². The zero-order valence-electron chi connectivity index (χ0n) is 21.1. The van der Waals surface area contributed by atoms with Gasteiger partial charge in [0.15, 0.2) is 0 Å². The normalized spacial score (nSPS) is 45.8. The Hall–Kier alpha value is -0.870. The second kappa shape index (κ2) is 7.31. The highest BCUT2D eigenvalue weighted by molar-refractivity contribution is 5.78. The highest BCUT2D eigenvalue weighted by Gasteiger charge is 2.64. The summed E-state index contributed by atoms with van der Waals surface area (Å²) in [4.78, 5) is 13.8. The fourth-order valence-electron chi connectivity index (χ4n) is 8.56. The molecule has 1 spiro atoms. The van der Waals surface area contributed by atoms with Gasteiger partial charge in [0, 0.05) is 6.42 Å². The molecule has 2 aliphatic carbocycles. The molecule has 3 saturated heterocycles. The van der Waals surface area contributed by atoms with Gasteiger partial charge in [-0.2, -0.15) is 0 Å². The first kappa shape index (κ1) is 22.9. The highest BCUT2D eigenvalue weighted by atomic mass is 16.5. The minimum absolute atomic E-state index is 0.000418. The lowest BCUT2D eigenvalue weighted by Gasteiger charge is -2.48. The summed E-state index contributed by atoms with van der Waals surface area (Å²) >= 11 is 0. The van der Waals surface area contributed by atoms with Crippen LogP contribution in [0.5, 0.6) is 0 Å². The second-order valence-electron chi connectivity index (χ2n) is 13.4. The first-order valence-electron chi connectivity index (χ1n) is 13.2. The van der Waals surface area contributed by atoms with Gasteiger partial charge in [-0.1, -0.05) is 38.8 Å². The maximum atomic E-state index is 13.8. The van der Waals surface area contributed by atoms with Gasteiger partial charge in [0.25, 0.3) is 0 Å². The second-order valence-corrected chi connectivity index (χ2v) is 13.4. The van der Waals surface area contributed by atoms with E-state index >= 15 is 0 Å². The van der Waals surface area contributed by atoms with Crippen molar-refractivity contribution < 1.29 is 19.4 Å². The van der Waals surface area contributed by atoms with Crippen molar-refractivity contribution in [2.75, 3.05) is 0 Å². The summed E-state index contributed by atoms with van der Waals surface area (Å²) in [7, 11) is 0. The van der Waals surface area contributed by atoms with Gasteiger partial charge in [-0.25, -0.2) is 0 Å². The van der Waals surface area contributed by atoms with Crippen LogP contribution in [-0.4, -0.2) is 34.5 Å². The van der Waals surface area contributed by atoms with Crippen LogP contribution in [0, 0.1) is 28.6 Å². The predicted molar refractivity (Wildman–Crippen MR) is 125 cm³/mol. The summed E-state index contributed by atoms with van der Waals surface area (Å²) in [6.45, 7) is 13.1. The van der Waals surface area contributed by atoms with Crippen LogP contribution in [0.15, 0.2) is 11.1 Å². The Labute approximate surface area is 194 Å². The van der Waals surface area contributed by atoms with Crippen molar-refractivity contribution in [3.63, 3.8) is 0 Å². The number of rotatable bonds is 2. The van der Waals surface area contributed by atoms with Gasteiger partial charge in [-0.15, -0.1) is 0 Å². The molecule has 5 rings (SSSR count). The Morgan fingerprint density at radius 1 is 1.06 bits per heavy atom. The lowest BCUT2D eigenvalue weighted by atomic mass is 9.57. The summed E-state index contributed by atoms with van der Waals surface area (Å²) in [6.07, 6.45) is 10.3. The molecule has 4 nitrogen and oxygen atoms in total. The summed E-state index contributed by atoms with van der Waals surface area (Å²) in [5, 5.41) is 10.4. The molecule has 5 aliphatic rings. The smallest absolute Gasteiger partial charge is 0.313 e. The van der Waals surface area contributed by atoms with Gasteiger partial charge in [-0.05, 0) is 94.3 Å². The van der Waals surface area contributed by atoms with E-state index in [0.29, 0.717) is 24.4 Å². The first-order chi connectivity index (χ1) is 14.9. The Bertz CT molecular complexity index is 820. The van der Waals surface area contributed by atoms with Crippen LogP contribution in [0.25, 0.3) is 0 Å². The SMILES string of the molecule is CC1CC[C@H](CC(C)(C)O)OC(=O)C2C3=C(CC[C@]12C)C[C@]12CC[C@H](O1)C(C)(C)C2CC3. The number of ether oxygens (including phenoxy) is 2.